The summed E-state index contributed by atoms with van der Waals surface area (Å²) in [6, 6.07) is 24.7. The highest BCUT2D eigenvalue weighted by Gasteiger charge is 2.16. The van der Waals surface area contributed by atoms with E-state index in [1.807, 2.05) is 78.9 Å². The lowest BCUT2D eigenvalue weighted by Crippen LogP contribution is -2.33. The number of halogens is 1. The second-order valence-electron chi connectivity index (χ2n) is 6.66. The van der Waals surface area contributed by atoms with E-state index in [1.54, 1.807) is 0 Å². The van der Waals surface area contributed by atoms with Gasteiger partial charge in [-0.05, 0) is 35.2 Å². The van der Waals surface area contributed by atoms with Crippen LogP contribution in [0.4, 0.5) is 0 Å². The van der Waals surface area contributed by atoms with Gasteiger partial charge in [0.05, 0.1) is 7.11 Å². The number of nitrogens with two attached hydrogens (primary N) is 1. The Kier molecular flexibility index (Phi) is 9.19. The number of ether oxygens (including phenoxy) is 3. The van der Waals surface area contributed by atoms with Crippen LogP contribution in [0.2, 0.25) is 0 Å². The fourth-order valence-electron chi connectivity index (χ4n) is 2.87. The SMILES string of the molecule is COC(=O)[C@@H](N)Cc1ccc(OCc2ccccc2)c(OCc2ccccc2)c1.Cl. The molecule has 1 atom stereocenters. The summed E-state index contributed by atoms with van der Waals surface area (Å²) in [5.41, 5.74) is 8.90. The van der Waals surface area contributed by atoms with Crippen molar-refractivity contribution in [3.05, 3.63) is 95.6 Å². The minimum Gasteiger partial charge on any atom is -0.485 e. The first kappa shape index (κ1) is 23.3. The van der Waals surface area contributed by atoms with Gasteiger partial charge in [0.25, 0.3) is 0 Å². The summed E-state index contributed by atoms with van der Waals surface area (Å²) in [5, 5.41) is 0. The van der Waals surface area contributed by atoms with Crippen molar-refractivity contribution in [3.8, 4) is 11.5 Å². The number of carbonyl (C=O) groups excluding carboxylic acids is 1. The largest absolute Gasteiger partial charge is 0.485 e. The molecule has 3 aromatic rings. The highest BCUT2D eigenvalue weighted by molar-refractivity contribution is 5.85. The molecule has 0 fully saturated rings. The van der Waals surface area contributed by atoms with E-state index in [9.17, 15) is 4.79 Å². The van der Waals surface area contributed by atoms with Crippen LogP contribution in [-0.4, -0.2) is 19.1 Å². The van der Waals surface area contributed by atoms with Crippen LogP contribution in [0.5, 0.6) is 11.5 Å². The van der Waals surface area contributed by atoms with Gasteiger partial charge in [-0.3, -0.25) is 4.79 Å². The van der Waals surface area contributed by atoms with Gasteiger partial charge < -0.3 is 19.9 Å². The lowest BCUT2D eigenvalue weighted by atomic mass is 10.1. The van der Waals surface area contributed by atoms with Gasteiger partial charge in [-0.1, -0.05) is 66.7 Å². The third-order valence-electron chi connectivity index (χ3n) is 4.44. The van der Waals surface area contributed by atoms with Crippen LogP contribution < -0.4 is 15.2 Å². The van der Waals surface area contributed by atoms with Crippen LogP contribution in [-0.2, 0) is 29.2 Å². The molecule has 5 nitrogen and oxygen atoms in total. The third kappa shape index (κ3) is 6.79. The molecule has 0 aromatic heterocycles. The molecule has 0 amide bonds. The fraction of sp³-hybridized carbons (Fsp3) is 0.208. The zero-order chi connectivity index (χ0) is 20.5. The number of rotatable bonds is 9. The van der Waals surface area contributed by atoms with Gasteiger partial charge in [-0.2, -0.15) is 0 Å². The van der Waals surface area contributed by atoms with Crippen molar-refractivity contribution >= 4 is 18.4 Å². The fourth-order valence-corrected chi connectivity index (χ4v) is 2.87. The number of hydrogen-bond acceptors (Lipinski definition) is 5. The Morgan fingerprint density at radius 3 is 1.87 bits per heavy atom. The average Bonchev–Trinajstić information content (AvgIpc) is 2.77. The molecule has 0 radical (unpaired) electrons. The Bertz CT molecular complexity index is 919. The second-order valence-corrected chi connectivity index (χ2v) is 6.66. The Labute approximate surface area is 183 Å². The molecule has 6 heteroatoms. The van der Waals surface area contributed by atoms with Crippen LogP contribution in [0, 0.1) is 0 Å². The Hall–Kier alpha value is -3.02. The maximum atomic E-state index is 11.6. The van der Waals surface area contributed by atoms with Gasteiger partial charge in [0.2, 0.25) is 0 Å². The molecular weight excluding hydrogens is 402 g/mol. The topological polar surface area (TPSA) is 70.8 Å². The predicted molar refractivity (Wildman–Crippen MR) is 119 cm³/mol. The van der Waals surface area contributed by atoms with Crippen LogP contribution in [0.25, 0.3) is 0 Å². The summed E-state index contributed by atoms with van der Waals surface area (Å²) in [6.45, 7) is 0.846. The van der Waals surface area contributed by atoms with Gasteiger partial charge in [0.1, 0.15) is 19.3 Å². The first-order valence-electron chi connectivity index (χ1n) is 9.45. The van der Waals surface area contributed by atoms with Crippen molar-refractivity contribution in [1.82, 2.24) is 0 Å². The predicted octanol–water partition coefficient (Wildman–Crippen LogP) is 4.31. The molecule has 0 bridgehead atoms. The summed E-state index contributed by atoms with van der Waals surface area (Å²) in [5.74, 6) is 0.806. The molecule has 158 valence electrons. The quantitative estimate of drug-likeness (QED) is 0.515. The van der Waals surface area contributed by atoms with Crippen molar-refractivity contribution < 1.29 is 19.0 Å². The van der Waals surface area contributed by atoms with Gasteiger partial charge in [-0.15, -0.1) is 12.4 Å². The van der Waals surface area contributed by atoms with E-state index >= 15 is 0 Å². The Balaban J connectivity index is 0.00000320. The van der Waals surface area contributed by atoms with Crippen molar-refractivity contribution in [2.75, 3.05) is 7.11 Å². The summed E-state index contributed by atoms with van der Waals surface area (Å²) >= 11 is 0. The van der Waals surface area contributed by atoms with E-state index in [2.05, 4.69) is 0 Å². The lowest BCUT2D eigenvalue weighted by Gasteiger charge is -2.16. The molecule has 3 aromatic carbocycles. The van der Waals surface area contributed by atoms with E-state index < -0.39 is 12.0 Å². The van der Waals surface area contributed by atoms with Crippen LogP contribution >= 0.6 is 12.4 Å². The monoisotopic (exact) mass is 427 g/mol. The first-order chi connectivity index (χ1) is 14.2. The van der Waals surface area contributed by atoms with Crippen molar-refractivity contribution in [1.29, 1.82) is 0 Å². The molecule has 0 aliphatic carbocycles. The molecule has 0 saturated carbocycles. The second kappa shape index (κ2) is 11.9. The van der Waals surface area contributed by atoms with Crippen LogP contribution in [0.15, 0.2) is 78.9 Å². The summed E-state index contributed by atoms with van der Waals surface area (Å²) in [4.78, 5) is 11.6. The normalized spacial score (nSPS) is 11.1. The molecule has 0 unspecified atom stereocenters. The number of esters is 1. The van der Waals surface area contributed by atoms with E-state index in [-0.39, 0.29) is 12.4 Å². The maximum Gasteiger partial charge on any atom is 0.322 e. The summed E-state index contributed by atoms with van der Waals surface area (Å²) in [6.07, 6.45) is 0.354. The highest BCUT2D eigenvalue weighted by Crippen LogP contribution is 2.30. The number of carbonyl (C=O) groups is 1. The molecule has 2 N–H and O–H groups in total. The minimum absolute atomic E-state index is 0. The number of hydrogen-bond donors (Lipinski definition) is 1. The van der Waals surface area contributed by atoms with Crippen molar-refractivity contribution in [2.24, 2.45) is 5.73 Å². The number of methoxy groups -OCH3 is 1. The molecule has 30 heavy (non-hydrogen) atoms. The zero-order valence-electron chi connectivity index (χ0n) is 16.8. The van der Waals surface area contributed by atoms with Gasteiger partial charge >= 0.3 is 5.97 Å². The van der Waals surface area contributed by atoms with Crippen LogP contribution in [0.3, 0.4) is 0 Å². The molecule has 0 saturated heterocycles. The molecular formula is C24H26ClNO4. The average molecular weight is 428 g/mol. The highest BCUT2D eigenvalue weighted by atomic mass is 35.5. The standard InChI is InChI=1S/C24H25NO4.ClH/c1-27-24(26)21(25)14-20-12-13-22(28-16-18-8-4-2-5-9-18)23(15-20)29-17-19-10-6-3-7-11-19;/h2-13,15,21H,14,16-17,25H2,1H3;1H/t21-;/m0./s1. The van der Waals surface area contributed by atoms with E-state index in [1.165, 1.54) is 7.11 Å². The van der Waals surface area contributed by atoms with Gasteiger partial charge in [0, 0.05) is 0 Å². The summed E-state index contributed by atoms with van der Waals surface area (Å²) < 4.78 is 16.7. The van der Waals surface area contributed by atoms with E-state index in [0.717, 1.165) is 16.7 Å². The number of benzene rings is 3. The van der Waals surface area contributed by atoms with E-state index in [4.69, 9.17) is 19.9 Å². The minimum atomic E-state index is -0.724. The Morgan fingerprint density at radius 2 is 1.33 bits per heavy atom. The molecule has 0 aliphatic rings. The smallest absolute Gasteiger partial charge is 0.322 e. The van der Waals surface area contributed by atoms with Crippen LogP contribution in [0.1, 0.15) is 16.7 Å². The van der Waals surface area contributed by atoms with Gasteiger partial charge in [-0.25, -0.2) is 0 Å². The van der Waals surface area contributed by atoms with Gasteiger partial charge in [0.15, 0.2) is 11.5 Å². The van der Waals surface area contributed by atoms with Crippen molar-refractivity contribution in [2.45, 2.75) is 25.7 Å². The lowest BCUT2D eigenvalue weighted by molar-refractivity contribution is -0.142. The molecule has 3 rings (SSSR count). The molecule has 0 aliphatic heterocycles. The zero-order valence-corrected chi connectivity index (χ0v) is 17.6. The molecule has 0 spiro atoms. The van der Waals surface area contributed by atoms with Crippen molar-refractivity contribution in [3.63, 3.8) is 0 Å². The maximum absolute atomic E-state index is 11.6. The summed E-state index contributed by atoms with van der Waals surface area (Å²) in [7, 11) is 1.33. The Morgan fingerprint density at radius 1 is 0.800 bits per heavy atom. The van der Waals surface area contributed by atoms with E-state index in [0.29, 0.717) is 31.1 Å². The molecule has 0 heterocycles. The first-order valence-corrected chi connectivity index (χ1v) is 9.45. The third-order valence-corrected chi connectivity index (χ3v) is 4.44.